The van der Waals surface area contributed by atoms with Crippen LogP contribution in [0.15, 0.2) is 0 Å². The van der Waals surface area contributed by atoms with Crippen molar-refractivity contribution in [2.75, 3.05) is 19.8 Å². The summed E-state index contributed by atoms with van der Waals surface area (Å²) in [5.74, 6) is -3.01. The Morgan fingerprint density at radius 1 is 1.00 bits per heavy atom. The van der Waals surface area contributed by atoms with Gasteiger partial charge in [-0.15, -0.1) is 0 Å². The lowest BCUT2D eigenvalue weighted by molar-refractivity contribution is -0.142. The van der Waals surface area contributed by atoms with Crippen molar-refractivity contribution in [3.05, 3.63) is 0 Å². The second kappa shape index (κ2) is 13.3. The Balaban J connectivity index is 3.89. The number of hydrogen-bond acceptors (Lipinski definition) is 5. The van der Waals surface area contributed by atoms with Gasteiger partial charge in [0, 0.05) is 26.0 Å². The molecule has 0 aromatic rings. The highest BCUT2D eigenvalue weighted by Gasteiger charge is 2.19. The molecule has 0 bridgehead atoms. The van der Waals surface area contributed by atoms with E-state index in [1.54, 1.807) is 0 Å². The Hall–Kier alpha value is -2.16. The Kier molecular flexibility index (Phi) is 12.1. The third-order valence-corrected chi connectivity index (χ3v) is 3.12. The second-order valence-corrected chi connectivity index (χ2v) is 5.14. The van der Waals surface area contributed by atoms with Gasteiger partial charge in [-0.05, 0) is 26.2 Å². The third kappa shape index (κ3) is 12.4. The normalized spacial score (nSPS) is 11.5. The summed E-state index contributed by atoms with van der Waals surface area (Å²) in [6.07, 6.45) is 0.978. The Labute approximate surface area is 140 Å². The highest BCUT2D eigenvalue weighted by atomic mass is 16.5. The van der Waals surface area contributed by atoms with E-state index in [2.05, 4.69) is 10.6 Å². The van der Waals surface area contributed by atoms with Crippen LogP contribution >= 0.6 is 0 Å². The molecule has 24 heavy (non-hydrogen) atoms. The summed E-state index contributed by atoms with van der Waals surface area (Å²) in [5.41, 5.74) is 0. The minimum absolute atomic E-state index is 0.125. The third-order valence-electron chi connectivity index (χ3n) is 3.12. The standard InChI is InChI=1S/C15H26N2O7/c1-2-24-10-8-12(18)16-9-4-3-5-11(15(22)23)17-13(19)6-7-14(20)21/h11H,2-10H2,1H3,(H,16,18)(H,17,19)(H,20,21)(H,22,23)/t11-/m0/s1. The van der Waals surface area contributed by atoms with E-state index in [4.69, 9.17) is 14.9 Å². The van der Waals surface area contributed by atoms with E-state index in [1.165, 1.54) is 0 Å². The predicted octanol–water partition coefficient (Wildman–Crippen LogP) is 0.134. The van der Waals surface area contributed by atoms with Crippen LogP contribution in [0.3, 0.4) is 0 Å². The monoisotopic (exact) mass is 346 g/mol. The van der Waals surface area contributed by atoms with Gasteiger partial charge in [0.25, 0.3) is 0 Å². The zero-order valence-electron chi connectivity index (χ0n) is 13.9. The lowest BCUT2D eigenvalue weighted by Crippen LogP contribution is -2.41. The highest BCUT2D eigenvalue weighted by molar-refractivity contribution is 5.85. The molecule has 0 heterocycles. The van der Waals surface area contributed by atoms with E-state index in [9.17, 15) is 19.2 Å². The van der Waals surface area contributed by atoms with Gasteiger partial charge in [-0.3, -0.25) is 14.4 Å². The maximum Gasteiger partial charge on any atom is 0.326 e. The minimum Gasteiger partial charge on any atom is -0.481 e. The summed E-state index contributed by atoms with van der Waals surface area (Å²) < 4.78 is 5.06. The zero-order chi connectivity index (χ0) is 18.4. The Morgan fingerprint density at radius 2 is 1.71 bits per heavy atom. The van der Waals surface area contributed by atoms with Crippen molar-refractivity contribution in [2.24, 2.45) is 0 Å². The summed E-state index contributed by atoms with van der Waals surface area (Å²) in [7, 11) is 0. The molecule has 0 saturated heterocycles. The van der Waals surface area contributed by atoms with Crippen molar-refractivity contribution >= 4 is 23.8 Å². The van der Waals surface area contributed by atoms with Crippen molar-refractivity contribution in [1.29, 1.82) is 0 Å². The largest absolute Gasteiger partial charge is 0.481 e. The molecule has 1 atom stereocenters. The number of carbonyl (C=O) groups is 4. The van der Waals surface area contributed by atoms with Crippen molar-refractivity contribution in [3.63, 3.8) is 0 Å². The SMILES string of the molecule is CCOCCC(=O)NCCCC[C@H](NC(=O)CCC(=O)O)C(=O)O. The van der Waals surface area contributed by atoms with E-state index in [1.807, 2.05) is 6.92 Å². The molecule has 9 heteroatoms. The van der Waals surface area contributed by atoms with Gasteiger partial charge in [0.1, 0.15) is 6.04 Å². The number of rotatable bonds is 14. The first-order chi connectivity index (χ1) is 11.4. The van der Waals surface area contributed by atoms with Crippen LogP contribution in [-0.2, 0) is 23.9 Å². The summed E-state index contributed by atoms with van der Waals surface area (Å²) >= 11 is 0. The summed E-state index contributed by atoms with van der Waals surface area (Å²) in [6.45, 7) is 3.19. The first-order valence-corrected chi connectivity index (χ1v) is 7.95. The van der Waals surface area contributed by atoms with Crippen molar-refractivity contribution < 1.29 is 34.1 Å². The van der Waals surface area contributed by atoms with E-state index in [-0.39, 0.29) is 31.6 Å². The van der Waals surface area contributed by atoms with Crippen LogP contribution in [0, 0.1) is 0 Å². The maximum atomic E-state index is 11.5. The van der Waals surface area contributed by atoms with Gasteiger partial charge < -0.3 is 25.6 Å². The van der Waals surface area contributed by atoms with Crippen LogP contribution in [0.4, 0.5) is 0 Å². The van der Waals surface area contributed by atoms with Crippen molar-refractivity contribution in [2.45, 2.75) is 51.5 Å². The fraction of sp³-hybridized carbons (Fsp3) is 0.733. The Morgan fingerprint density at radius 3 is 2.29 bits per heavy atom. The molecule has 0 aliphatic rings. The van der Waals surface area contributed by atoms with Crippen LogP contribution in [0.25, 0.3) is 0 Å². The molecule has 0 saturated carbocycles. The highest BCUT2D eigenvalue weighted by Crippen LogP contribution is 2.02. The zero-order valence-corrected chi connectivity index (χ0v) is 13.9. The molecular weight excluding hydrogens is 320 g/mol. The molecule has 0 rings (SSSR count). The Bertz CT molecular complexity index is 426. The molecule has 0 radical (unpaired) electrons. The topological polar surface area (TPSA) is 142 Å². The molecule has 0 fully saturated rings. The summed E-state index contributed by atoms with van der Waals surface area (Å²) in [5, 5.41) is 22.5. The van der Waals surface area contributed by atoms with Gasteiger partial charge in [0.05, 0.1) is 13.0 Å². The molecule has 0 aliphatic heterocycles. The number of unbranched alkanes of at least 4 members (excludes halogenated alkanes) is 1. The molecular formula is C15H26N2O7. The molecule has 138 valence electrons. The van der Waals surface area contributed by atoms with Crippen LogP contribution in [0.1, 0.15) is 45.4 Å². The molecule has 2 amide bonds. The number of hydrogen-bond donors (Lipinski definition) is 4. The van der Waals surface area contributed by atoms with Crippen molar-refractivity contribution in [1.82, 2.24) is 10.6 Å². The van der Waals surface area contributed by atoms with Crippen LogP contribution in [0.5, 0.6) is 0 Å². The van der Waals surface area contributed by atoms with E-state index < -0.39 is 23.9 Å². The number of amides is 2. The quantitative estimate of drug-likeness (QED) is 0.328. The lowest BCUT2D eigenvalue weighted by Gasteiger charge is -2.14. The van der Waals surface area contributed by atoms with E-state index in [0.717, 1.165) is 0 Å². The smallest absolute Gasteiger partial charge is 0.326 e. The predicted molar refractivity (Wildman–Crippen MR) is 84.4 cm³/mol. The van der Waals surface area contributed by atoms with Crippen LogP contribution in [-0.4, -0.2) is 59.8 Å². The second-order valence-electron chi connectivity index (χ2n) is 5.14. The first kappa shape index (κ1) is 21.8. The average Bonchev–Trinajstić information content (AvgIpc) is 2.51. The fourth-order valence-corrected chi connectivity index (χ4v) is 1.84. The summed E-state index contributed by atoms with van der Waals surface area (Å²) in [4.78, 5) is 44.3. The fourth-order valence-electron chi connectivity index (χ4n) is 1.84. The van der Waals surface area contributed by atoms with Gasteiger partial charge >= 0.3 is 11.9 Å². The average molecular weight is 346 g/mol. The number of nitrogens with one attached hydrogen (secondary N) is 2. The molecule has 4 N–H and O–H groups in total. The van der Waals surface area contributed by atoms with Gasteiger partial charge in [0.15, 0.2) is 0 Å². The number of carboxylic acid groups (broad SMARTS) is 2. The van der Waals surface area contributed by atoms with Gasteiger partial charge in [-0.25, -0.2) is 4.79 Å². The van der Waals surface area contributed by atoms with Crippen molar-refractivity contribution in [3.8, 4) is 0 Å². The maximum absolute atomic E-state index is 11.5. The van der Waals surface area contributed by atoms with Gasteiger partial charge in [0.2, 0.25) is 11.8 Å². The first-order valence-electron chi connectivity index (χ1n) is 7.95. The summed E-state index contributed by atoms with van der Waals surface area (Å²) in [6, 6.07) is -1.06. The molecule has 0 aromatic heterocycles. The molecule has 0 aliphatic carbocycles. The molecule has 0 unspecified atom stereocenters. The van der Waals surface area contributed by atoms with Crippen LogP contribution in [0.2, 0.25) is 0 Å². The number of ether oxygens (including phenoxy) is 1. The number of carboxylic acids is 2. The molecule has 9 nitrogen and oxygen atoms in total. The van der Waals surface area contributed by atoms with Crippen LogP contribution < -0.4 is 10.6 Å². The van der Waals surface area contributed by atoms with Gasteiger partial charge in [-0.1, -0.05) is 0 Å². The number of carbonyl (C=O) groups excluding carboxylic acids is 2. The van der Waals surface area contributed by atoms with E-state index >= 15 is 0 Å². The molecule has 0 aromatic carbocycles. The lowest BCUT2D eigenvalue weighted by atomic mass is 10.1. The minimum atomic E-state index is -1.17. The van der Waals surface area contributed by atoms with E-state index in [0.29, 0.717) is 32.6 Å². The molecule has 0 spiro atoms. The number of aliphatic carboxylic acids is 2. The van der Waals surface area contributed by atoms with Gasteiger partial charge in [-0.2, -0.15) is 0 Å².